The summed E-state index contributed by atoms with van der Waals surface area (Å²) in [6.07, 6.45) is -3.19. The molecule has 2 aliphatic heterocycles. The van der Waals surface area contributed by atoms with Crippen LogP contribution in [0.3, 0.4) is 0 Å². The molecule has 0 spiro atoms. The number of Topliss-reactive ketones (excluding diaryl/α,β-unsaturated/α-hetero) is 1. The summed E-state index contributed by atoms with van der Waals surface area (Å²) in [5.41, 5.74) is -0.115. The fourth-order valence-electron chi connectivity index (χ4n) is 4.60. The molecule has 3 aromatic carbocycles. The van der Waals surface area contributed by atoms with Crippen molar-refractivity contribution in [2.45, 2.75) is 25.1 Å². The molecule has 0 radical (unpaired) electrons. The lowest BCUT2D eigenvalue weighted by molar-refractivity contribution is -0.137. The average molecular weight is 495 g/mol. The number of anilines is 1. The molecule has 36 heavy (non-hydrogen) atoms. The molecule has 0 aromatic heterocycles. The maximum absolute atomic E-state index is 13.4. The lowest BCUT2D eigenvalue weighted by Gasteiger charge is -2.26. The highest BCUT2D eigenvalue weighted by molar-refractivity contribution is 6.51. The summed E-state index contributed by atoms with van der Waals surface area (Å²) in [6.45, 7) is 0.567. The monoisotopic (exact) mass is 495 g/mol. The van der Waals surface area contributed by atoms with Gasteiger partial charge in [0.1, 0.15) is 17.3 Å². The first-order valence-electron chi connectivity index (χ1n) is 11.2. The van der Waals surface area contributed by atoms with Gasteiger partial charge in [0.15, 0.2) is 0 Å². The maximum Gasteiger partial charge on any atom is 0.416 e. The molecule has 0 aliphatic carbocycles. The SMILES string of the molecule is O=C1C(=O)N(c2cccc(C(F)(F)F)c2)C(c2cccc(O)c2)/C1=C(/O)c1ccc2c(c1)CCCO2. The van der Waals surface area contributed by atoms with Gasteiger partial charge in [-0.25, -0.2) is 0 Å². The van der Waals surface area contributed by atoms with Crippen molar-refractivity contribution in [1.29, 1.82) is 0 Å². The number of benzene rings is 3. The second-order valence-corrected chi connectivity index (χ2v) is 8.59. The number of amides is 1. The van der Waals surface area contributed by atoms with Crippen molar-refractivity contribution in [2.24, 2.45) is 0 Å². The molecule has 9 heteroatoms. The lowest BCUT2D eigenvalue weighted by Crippen LogP contribution is -2.29. The summed E-state index contributed by atoms with van der Waals surface area (Å²) >= 11 is 0. The third kappa shape index (κ3) is 4.06. The van der Waals surface area contributed by atoms with E-state index >= 15 is 0 Å². The van der Waals surface area contributed by atoms with E-state index < -0.39 is 35.2 Å². The highest BCUT2D eigenvalue weighted by atomic mass is 19.4. The molecular weight excluding hydrogens is 475 g/mol. The second-order valence-electron chi connectivity index (χ2n) is 8.59. The number of fused-ring (bicyclic) bond motifs is 1. The summed E-state index contributed by atoms with van der Waals surface area (Å²) in [5.74, 6) is -2.12. The van der Waals surface area contributed by atoms with E-state index in [0.717, 1.165) is 35.1 Å². The van der Waals surface area contributed by atoms with E-state index in [-0.39, 0.29) is 28.1 Å². The summed E-state index contributed by atoms with van der Waals surface area (Å²) in [7, 11) is 0. The number of hydrogen-bond acceptors (Lipinski definition) is 5. The molecule has 184 valence electrons. The van der Waals surface area contributed by atoms with Crippen molar-refractivity contribution < 1.29 is 37.7 Å². The number of aliphatic hydroxyl groups excluding tert-OH is 1. The number of halogens is 3. The Labute approximate surface area is 203 Å². The number of ketones is 1. The number of nitrogens with zero attached hydrogens (tertiary/aromatic N) is 1. The van der Waals surface area contributed by atoms with Crippen molar-refractivity contribution in [3.05, 3.63) is 94.6 Å². The van der Waals surface area contributed by atoms with Gasteiger partial charge in [0.25, 0.3) is 11.7 Å². The third-order valence-corrected chi connectivity index (χ3v) is 6.26. The number of rotatable bonds is 3. The Morgan fingerprint density at radius 1 is 1.00 bits per heavy atom. The first-order valence-corrected chi connectivity index (χ1v) is 11.2. The van der Waals surface area contributed by atoms with Gasteiger partial charge in [0.2, 0.25) is 0 Å². The number of ether oxygens (including phenoxy) is 1. The third-order valence-electron chi connectivity index (χ3n) is 6.26. The number of carbonyl (C=O) groups is 2. The van der Waals surface area contributed by atoms with Crippen LogP contribution in [0.25, 0.3) is 5.76 Å². The smallest absolute Gasteiger partial charge is 0.416 e. The van der Waals surface area contributed by atoms with Gasteiger partial charge >= 0.3 is 6.18 Å². The number of aromatic hydroxyl groups is 1. The van der Waals surface area contributed by atoms with Crippen molar-refractivity contribution in [1.82, 2.24) is 0 Å². The van der Waals surface area contributed by atoms with Crippen molar-refractivity contribution in [3.63, 3.8) is 0 Å². The largest absolute Gasteiger partial charge is 0.508 e. The van der Waals surface area contributed by atoms with E-state index in [1.165, 1.54) is 30.3 Å². The Morgan fingerprint density at radius 2 is 1.78 bits per heavy atom. The molecule has 3 aromatic rings. The Morgan fingerprint density at radius 3 is 2.53 bits per heavy atom. The molecular formula is C27H20F3NO5. The van der Waals surface area contributed by atoms with Gasteiger partial charge in [0, 0.05) is 11.3 Å². The number of aryl methyl sites for hydroxylation is 1. The van der Waals surface area contributed by atoms with Crippen LogP contribution in [0.2, 0.25) is 0 Å². The molecule has 1 fully saturated rings. The van der Waals surface area contributed by atoms with Crippen LogP contribution in [0.4, 0.5) is 18.9 Å². The maximum atomic E-state index is 13.4. The van der Waals surface area contributed by atoms with Gasteiger partial charge in [-0.3, -0.25) is 14.5 Å². The number of hydrogen-bond donors (Lipinski definition) is 2. The van der Waals surface area contributed by atoms with Gasteiger partial charge in [-0.1, -0.05) is 18.2 Å². The van der Waals surface area contributed by atoms with Gasteiger partial charge in [-0.05, 0) is 72.5 Å². The van der Waals surface area contributed by atoms with Gasteiger partial charge in [-0.15, -0.1) is 0 Å². The molecule has 0 saturated carbocycles. The molecule has 2 N–H and O–H groups in total. The zero-order valence-electron chi connectivity index (χ0n) is 18.7. The minimum absolute atomic E-state index is 0.168. The van der Waals surface area contributed by atoms with Crippen molar-refractivity contribution in [2.75, 3.05) is 11.5 Å². The minimum atomic E-state index is -4.67. The van der Waals surface area contributed by atoms with Gasteiger partial charge in [0.05, 0.1) is 23.8 Å². The van der Waals surface area contributed by atoms with Crippen LogP contribution in [0, 0.1) is 0 Å². The van der Waals surface area contributed by atoms with Crippen molar-refractivity contribution >= 4 is 23.1 Å². The van der Waals surface area contributed by atoms with Gasteiger partial charge in [-0.2, -0.15) is 13.2 Å². The van der Waals surface area contributed by atoms with Crippen LogP contribution in [-0.4, -0.2) is 28.5 Å². The molecule has 1 atom stereocenters. The first kappa shape index (κ1) is 23.5. The predicted molar refractivity (Wildman–Crippen MR) is 125 cm³/mol. The normalized spacial score (nSPS) is 19.2. The van der Waals surface area contributed by atoms with Crippen LogP contribution in [-0.2, 0) is 22.2 Å². The number of phenols is 1. The van der Waals surface area contributed by atoms with E-state index in [1.807, 2.05) is 0 Å². The van der Waals surface area contributed by atoms with E-state index in [4.69, 9.17) is 4.74 Å². The van der Waals surface area contributed by atoms with Crippen LogP contribution >= 0.6 is 0 Å². The average Bonchev–Trinajstić information content (AvgIpc) is 3.13. The first-order chi connectivity index (χ1) is 17.1. The molecule has 1 unspecified atom stereocenters. The summed E-state index contributed by atoms with van der Waals surface area (Å²) < 4.78 is 45.8. The number of carbonyl (C=O) groups excluding carboxylic acids is 2. The zero-order chi connectivity index (χ0) is 25.6. The van der Waals surface area contributed by atoms with Gasteiger partial charge < -0.3 is 14.9 Å². The van der Waals surface area contributed by atoms with Crippen molar-refractivity contribution in [3.8, 4) is 11.5 Å². The van der Waals surface area contributed by atoms with E-state index in [9.17, 15) is 33.0 Å². The number of alkyl halides is 3. The highest BCUT2D eigenvalue weighted by Gasteiger charge is 2.47. The topological polar surface area (TPSA) is 87.1 Å². The predicted octanol–water partition coefficient (Wildman–Crippen LogP) is 5.36. The molecule has 0 bridgehead atoms. The second kappa shape index (κ2) is 8.75. The number of aliphatic hydroxyl groups is 1. The molecule has 5 rings (SSSR count). The van der Waals surface area contributed by atoms with E-state index in [2.05, 4.69) is 0 Å². The lowest BCUT2D eigenvalue weighted by atomic mass is 9.93. The summed E-state index contributed by atoms with van der Waals surface area (Å²) in [5, 5.41) is 21.3. The molecule has 6 nitrogen and oxygen atoms in total. The van der Waals surface area contributed by atoms with Crippen LogP contribution in [0.1, 0.15) is 34.7 Å². The summed E-state index contributed by atoms with van der Waals surface area (Å²) in [4.78, 5) is 27.3. The van der Waals surface area contributed by atoms with E-state index in [0.29, 0.717) is 18.8 Å². The Hall–Kier alpha value is -4.27. The quantitative estimate of drug-likeness (QED) is 0.290. The van der Waals surface area contributed by atoms with Crippen LogP contribution < -0.4 is 9.64 Å². The fraction of sp³-hybridized carbons (Fsp3) is 0.185. The highest BCUT2D eigenvalue weighted by Crippen LogP contribution is 2.44. The Bertz CT molecular complexity index is 1410. The van der Waals surface area contributed by atoms with Crippen LogP contribution in [0.5, 0.6) is 11.5 Å². The molecule has 1 saturated heterocycles. The van der Waals surface area contributed by atoms with E-state index in [1.54, 1.807) is 18.2 Å². The Balaban J connectivity index is 1.70. The molecule has 1 amide bonds. The fourth-order valence-corrected chi connectivity index (χ4v) is 4.60. The molecule has 2 heterocycles. The number of phenolic OH excluding ortho intramolecular Hbond substituents is 1. The zero-order valence-corrected chi connectivity index (χ0v) is 18.7. The minimum Gasteiger partial charge on any atom is -0.508 e. The summed E-state index contributed by atoms with van der Waals surface area (Å²) in [6, 6.07) is 13.3. The molecule has 2 aliphatic rings. The Kier molecular flexibility index (Phi) is 5.70. The van der Waals surface area contributed by atoms with Crippen LogP contribution in [0.15, 0.2) is 72.3 Å². The standard InChI is InChI=1S/C27H20F3NO5/c28-27(29,30)18-6-2-7-19(14-18)31-23(16-4-1-8-20(32)13-16)22(25(34)26(31)35)24(33)17-9-10-21-15(12-17)5-3-11-36-21/h1-2,4,6-10,12-14,23,32-33H,3,5,11H2/b24-22-.